The van der Waals surface area contributed by atoms with E-state index in [-0.39, 0.29) is 118 Å². The van der Waals surface area contributed by atoms with Crippen molar-refractivity contribution in [3.63, 3.8) is 0 Å². The zero-order valence-corrected chi connectivity index (χ0v) is 17.4. The minimum absolute atomic E-state index is 0. The van der Waals surface area contributed by atoms with Crippen LogP contribution in [-0.4, -0.2) is 24.3 Å². The minimum atomic E-state index is 0. The number of isocyanates is 4. The van der Waals surface area contributed by atoms with Crippen molar-refractivity contribution in [3.8, 4) is 0 Å². The summed E-state index contributed by atoms with van der Waals surface area (Å²) in [5.74, 6) is 0. The molecule has 0 aliphatic rings. The van der Waals surface area contributed by atoms with Crippen molar-refractivity contribution in [2.45, 2.75) is 0 Å². The van der Waals surface area contributed by atoms with E-state index in [2.05, 4.69) is 0 Å². The van der Waals surface area contributed by atoms with Gasteiger partial charge in [0.25, 0.3) is 0 Å². The summed E-state index contributed by atoms with van der Waals surface area (Å²) in [5.41, 5.74) is 0. The molecule has 8 nitrogen and oxygen atoms in total. The van der Waals surface area contributed by atoms with Crippen LogP contribution in [0.2, 0.25) is 0 Å². The second kappa shape index (κ2) is 131. The van der Waals surface area contributed by atoms with E-state index in [1.165, 1.54) is 0 Å². The number of hydrogen-bond donors (Lipinski definition) is 0. The Hall–Kier alpha value is 1.52. The van der Waals surface area contributed by atoms with Crippen LogP contribution in [0.4, 0.5) is 0 Å². The van der Waals surface area contributed by atoms with Crippen molar-refractivity contribution in [2.24, 2.45) is 0 Å². The van der Waals surface area contributed by atoms with E-state index in [1.807, 2.05) is 0 Å². The summed E-state index contributed by atoms with van der Waals surface area (Å²) in [7, 11) is 0. The number of nitrogens with zero attached hydrogens (tertiary/aromatic N) is 4. The third-order valence-electron chi connectivity index (χ3n) is 0. The normalized spacial score (nSPS) is 2.00. The fraction of sp³-hybridized carbons (Fsp3) is 0. The van der Waals surface area contributed by atoms with Gasteiger partial charge in [-0.3, -0.25) is 19.2 Å². The first kappa shape index (κ1) is 52.8. The molecule has 0 radical (unpaired) electrons. The van der Waals surface area contributed by atoms with Crippen LogP contribution in [0.1, 0.15) is 0 Å². The Morgan fingerprint density at radius 2 is 0.438 bits per heavy atom. The van der Waals surface area contributed by atoms with E-state index in [9.17, 15) is 0 Å². The fourth-order valence-electron chi connectivity index (χ4n) is 0. The summed E-state index contributed by atoms with van der Waals surface area (Å²) in [6, 6.07) is 0. The van der Waals surface area contributed by atoms with Gasteiger partial charge >= 0.3 is 118 Å². The predicted octanol–water partition coefficient (Wildman–Crippen LogP) is -12.4. The molecule has 0 rings (SSSR count). The Balaban J connectivity index is -0.00000000821. The van der Waals surface area contributed by atoms with Crippen LogP contribution < -0.4 is 118 Å². The van der Waals surface area contributed by atoms with E-state index < -0.39 is 0 Å². The molecule has 16 heavy (non-hydrogen) atoms. The van der Waals surface area contributed by atoms with Gasteiger partial charge < -0.3 is 21.6 Å². The Kier molecular flexibility index (Phi) is 431. The molecule has 0 aromatic carbocycles. The average molecular weight is 260 g/mol. The second-order valence-electron chi connectivity index (χ2n) is 0.365. The third-order valence-corrected chi connectivity index (χ3v) is 0. The Morgan fingerprint density at radius 3 is 0.438 bits per heavy atom. The van der Waals surface area contributed by atoms with Gasteiger partial charge in [0.2, 0.25) is 0 Å². The fourth-order valence-corrected chi connectivity index (χ4v) is 0. The van der Waals surface area contributed by atoms with Gasteiger partial charge in [0.05, 0.1) is 0 Å². The first-order chi connectivity index (χ1) is 5.66. The third kappa shape index (κ3) is 1420. The van der Waals surface area contributed by atoms with Crippen LogP contribution in [0, 0.1) is 0 Å². The average Bonchev–Trinajstić information content (AvgIpc) is 1.92. The summed E-state index contributed by atoms with van der Waals surface area (Å²) in [6.07, 6.45) is 2.00. The van der Waals surface area contributed by atoms with Crippen molar-refractivity contribution in [3.05, 3.63) is 21.6 Å². The van der Waals surface area contributed by atoms with Crippen molar-refractivity contribution in [2.75, 3.05) is 0 Å². The molecule has 0 heterocycles. The zero-order chi connectivity index (χ0) is 10.8. The Bertz CT molecular complexity index is 164. The van der Waals surface area contributed by atoms with Crippen LogP contribution >= 0.6 is 0 Å². The van der Waals surface area contributed by atoms with Crippen LogP contribution in [-0.2, 0) is 19.2 Å². The molecule has 12 heteroatoms. The first-order valence-electron chi connectivity index (χ1n) is 1.71. The van der Waals surface area contributed by atoms with E-state index in [4.69, 9.17) is 40.8 Å². The van der Waals surface area contributed by atoms with Crippen LogP contribution in [0.25, 0.3) is 21.6 Å². The molecule has 0 fully saturated rings. The molecular weight excluding hydrogens is 260 g/mol. The molecule has 0 aromatic heterocycles. The smallest absolute Gasteiger partial charge is 0.724 e. The van der Waals surface area contributed by atoms with Crippen molar-refractivity contribution in [1.29, 1.82) is 0 Å². The number of rotatable bonds is 0. The molecule has 0 unspecified atom stereocenters. The Labute approximate surface area is 180 Å². The predicted molar refractivity (Wildman–Crippen MR) is 36.2 cm³/mol. The van der Waals surface area contributed by atoms with E-state index in [0.29, 0.717) is 24.3 Å². The molecule has 0 amide bonds. The Morgan fingerprint density at radius 1 is 0.438 bits per heavy atom. The quantitative estimate of drug-likeness (QED) is 0.240. The van der Waals surface area contributed by atoms with E-state index >= 15 is 0 Å². The van der Waals surface area contributed by atoms with Gasteiger partial charge in [0, 0.05) is 0 Å². The molecule has 0 saturated heterocycles. The number of carbonyl (C=O) groups excluding carboxylic acids is 4. The van der Waals surface area contributed by atoms with Gasteiger partial charge in [-0.15, -0.1) is 0 Å². The maximum atomic E-state index is 8.24. The van der Waals surface area contributed by atoms with Crippen LogP contribution in [0.15, 0.2) is 0 Å². The summed E-state index contributed by atoms with van der Waals surface area (Å²) in [5, 5.41) is 27.1. The van der Waals surface area contributed by atoms with Crippen molar-refractivity contribution in [1.82, 2.24) is 0 Å². The van der Waals surface area contributed by atoms with E-state index in [1.54, 1.807) is 0 Å². The molecule has 0 spiro atoms. The zero-order valence-electron chi connectivity index (χ0n) is 9.42. The molecule has 0 bridgehead atoms. The monoisotopic (exact) mass is 260 g/mol. The van der Waals surface area contributed by atoms with Crippen molar-refractivity contribution >= 4 is 24.3 Å². The molecule has 0 atom stereocenters. The van der Waals surface area contributed by atoms with Gasteiger partial charge in [-0.05, 0) is 24.3 Å². The summed E-state index contributed by atoms with van der Waals surface area (Å²) in [6.45, 7) is 0. The SMILES string of the molecule is [N-]=C=O.[N-]=C=O.[N-]=C=O.[N-]=C=O.[Na+].[Na+].[Na+].[Na+]. The molecule has 0 aliphatic heterocycles. The summed E-state index contributed by atoms with van der Waals surface area (Å²) >= 11 is 0. The second-order valence-corrected chi connectivity index (χ2v) is 0.365. The largest absolute Gasteiger partial charge is 1.00 e. The summed E-state index contributed by atoms with van der Waals surface area (Å²) < 4.78 is 0. The van der Waals surface area contributed by atoms with Crippen molar-refractivity contribution < 1.29 is 137 Å². The molecule has 0 saturated carbocycles. The molecule has 0 aromatic rings. The molecule has 0 N–H and O–H groups in total. The standard InChI is InChI=1S/4CNO.4Na/c4*2-1-3;;;;/q4*-1;4*+1. The number of hydrogen-bond acceptors (Lipinski definition) is 4. The first-order valence-corrected chi connectivity index (χ1v) is 1.71. The van der Waals surface area contributed by atoms with Gasteiger partial charge in [0.15, 0.2) is 0 Å². The molecular formula is C4N4Na4O4. The maximum Gasteiger partial charge on any atom is 1.00 e. The van der Waals surface area contributed by atoms with Crippen LogP contribution in [0.5, 0.6) is 0 Å². The molecule has 0 aliphatic carbocycles. The maximum absolute atomic E-state index is 8.24. The van der Waals surface area contributed by atoms with Gasteiger partial charge in [-0.25, -0.2) is 0 Å². The van der Waals surface area contributed by atoms with Gasteiger partial charge in [-0.1, -0.05) is 0 Å². The van der Waals surface area contributed by atoms with Gasteiger partial charge in [-0.2, -0.15) is 0 Å². The molecule has 64 valence electrons. The van der Waals surface area contributed by atoms with Gasteiger partial charge in [0.1, 0.15) is 0 Å². The van der Waals surface area contributed by atoms with Crippen LogP contribution in [0.3, 0.4) is 0 Å². The van der Waals surface area contributed by atoms with E-state index in [0.717, 1.165) is 0 Å². The topological polar surface area (TPSA) is 157 Å². The minimum Gasteiger partial charge on any atom is -0.724 e. The summed E-state index contributed by atoms with van der Waals surface area (Å²) in [4.78, 5) is 32.9.